The summed E-state index contributed by atoms with van der Waals surface area (Å²) in [5.41, 5.74) is 3.89. The number of rotatable bonds is 4. The topological polar surface area (TPSA) is 46.1 Å². The Morgan fingerprint density at radius 3 is 2.70 bits per heavy atom. The highest BCUT2D eigenvalue weighted by Crippen LogP contribution is 2.23. The minimum Gasteiger partial charge on any atom is -0.357 e. The first kappa shape index (κ1) is 17.7. The maximum absolute atomic E-state index is 13.4. The third-order valence-corrected chi connectivity index (χ3v) is 5.49. The Morgan fingerprint density at radius 2 is 1.93 bits per heavy atom. The summed E-state index contributed by atoms with van der Waals surface area (Å²) >= 11 is 0. The molecule has 0 bridgehead atoms. The number of hydrogen-bond donors (Lipinski definition) is 1. The summed E-state index contributed by atoms with van der Waals surface area (Å²) in [6.07, 6.45) is 0. The molecule has 1 aromatic heterocycles. The first-order chi connectivity index (χ1) is 13.1. The molecule has 27 heavy (non-hydrogen) atoms. The number of halogens is 1. The number of nitrogens with zero attached hydrogens (tertiary/aromatic N) is 3. The zero-order chi connectivity index (χ0) is 18.8. The van der Waals surface area contributed by atoms with Crippen LogP contribution in [0.15, 0.2) is 48.5 Å². The van der Waals surface area contributed by atoms with E-state index in [9.17, 15) is 4.39 Å². The van der Waals surface area contributed by atoms with Crippen LogP contribution < -0.4 is 0 Å². The minimum absolute atomic E-state index is 0.209. The van der Waals surface area contributed by atoms with E-state index in [4.69, 9.17) is 5.26 Å². The van der Waals surface area contributed by atoms with Crippen molar-refractivity contribution in [2.75, 3.05) is 26.2 Å². The summed E-state index contributed by atoms with van der Waals surface area (Å²) < 4.78 is 13.4. The highest BCUT2D eigenvalue weighted by molar-refractivity contribution is 5.80. The molecule has 0 radical (unpaired) electrons. The molecule has 1 atom stereocenters. The van der Waals surface area contributed by atoms with Crippen LogP contribution in [0.2, 0.25) is 0 Å². The molecule has 1 saturated heterocycles. The summed E-state index contributed by atoms with van der Waals surface area (Å²) in [4.78, 5) is 8.22. The van der Waals surface area contributed by atoms with Gasteiger partial charge >= 0.3 is 0 Å². The van der Waals surface area contributed by atoms with E-state index in [1.165, 1.54) is 11.6 Å². The van der Waals surface area contributed by atoms with Crippen LogP contribution in [0.3, 0.4) is 0 Å². The molecule has 0 saturated carbocycles. The van der Waals surface area contributed by atoms with Gasteiger partial charge in [-0.1, -0.05) is 12.1 Å². The van der Waals surface area contributed by atoms with Crippen LogP contribution in [-0.4, -0.2) is 41.0 Å². The van der Waals surface area contributed by atoms with Crippen molar-refractivity contribution in [1.82, 2.24) is 14.8 Å². The van der Waals surface area contributed by atoms with E-state index >= 15 is 0 Å². The third kappa shape index (κ3) is 3.87. The second-order valence-electron chi connectivity index (χ2n) is 7.25. The van der Waals surface area contributed by atoms with E-state index in [1.807, 2.05) is 24.3 Å². The first-order valence-electron chi connectivity index (χ1n) is 9.36. The molecule has 4 nitrogen and oxygen atoms in total. The molecule has 1 N–H and O–H groups in total. The van der Waals surface area contributed by atoms with Crippen molar-refractivity contribution in [3.8, 4) is 6.07 Å². The van der Waals surface area contributed by atoms with Gasteiger partial charge in [-0.25, -0.2) is 4.39 Å². The third-order valence-electron chi connectivity index (χ3n) is 5.49. The second kappa shape index (κ2) is 7.51. The highest BCUT2D eigenvalue weighted by Gasteiger charge is 2.22. The van der Waals surface area contributed by atoms with Gasteiger partial charge in [0.25, 0.3) is 0 Å². The molecule has 1 aliphatic heterocycles. The number of nitrogens with one attached hydrogen (secondary N) is 1. The number of fused-ring (bicyclic) bond motifs is 1. The first-order valence-corrected chi connectivity index (χ1v) is 9.36. The SMILES string of the molecule is CC(c1cccc(C#N)c1)N1CCN(Cc2cc3ccc(F)cc3[nH]2)CC1. The number of benzene rings is 2. The lowest BCUT2D eigenvalue weighted by molar-refractivity contribution is 0.0972. The van der Waals surface area contributed by atoms with E-state index in [0.29, 0.717) is 11.6 Å². The van der Waals surface area contributed by atoms with Crippen molar-refractivity contribution < 1.29 is 4.39 Å². The Morgan fingerprint density at radius 1 is 1.11 bits per heavy atom. The molecule has 0 spiro atoms. The van der Waals surface area contributed by atoms with Crippen LogP contribution in [0.4, 0.5) is 4.39 Å². The predicted molar refractivity (Wildman–Crippen MR) is 105 cm³/mol. The van der Waals surface area contributed by atoms with Crippen molar-refractivity contribution in [2.24, 2.45) is 0 Å². The largest absolute Gasteiger partial charge is 0.357 e. The molecule has 1 unspecified atom stereocenters. The minimum atomic E-state index is -0.209. The lowest BCUT2D eigenvalue weighted by Crippen LogP contribution is -2.46. The summed E-state index contributed by atoms with van der Waals surface area (Å²) in [5.74, 6) is -0.209. The van der Waals surface area contributed by atoms with Crippen LogP contribution in [0.1, 0.15) is 29.8 Å². The van der Waals surface area contributed by atoms with Gasteiger partial charge in [-0.3, -0.25) is 9.80 Å². The summed E-state index contributed by atoms with van der Waals surface area (Å²) in [6, 6.07) is 17.4. The van der Waals surface area contributed by atoms with Crippen molar-refractivity contribution >= 4 is 10.9 Å². The molecular formula is C22H23FN4. The van der Waals surface area contributed by atoms with E-state index < -0.39 is 0 Å². The summed E-state index contributed by atoms with van der Waals surface area (Å²) in [6.45, 7) is 7.03. The number of piperazine rings is 1. The van der Waals surface area contributed by atoms with Gasteiger partial charge in [-0.05, 0) is 54.3 Å². The summed E-state index contributed by atoms with van der Waals surface area (Å²) in [7, 11) is 0. The molecule has 2 heterocycles. The van der Waals surface area contributed by atoms with E-state index in [2.05, 4.69) is 39.9 Å². The van der Waals surface area contributed by atoms with Crippen molar-refractivity contribution in [3.05, 3.63) is 71.2 Å². The molecule has 4 rings (SSSR count). The van der Waals surface area contributed by atoms with Gasteiger partial charge in [0.1, 0.15) is 5.82 Å². The van der Waals surface area contributed by atoms with Crippen LogP contribution in [-0.2, 0) is 6.54 Å². The molecule has 1 aliphatic rings. The van der Waals surface area contributed by atoms with Gasteiger partial charge < -0.3 is 4.98 Å². The van der Waals surface area contributed by atoms with E-state index in [0.717, 1.165) is 49.3 Å². The zero-order valence-electron chi connectivity index (χ0n) is 15.5. The van der Waals surface area contributed by atoms with Crippen molar-refractivity contribution in [1.29, 1.82) is 5.26 Å². The van der Waals surface area contributed by atoms with Crippen LogP contribution in [0, 0.1) is 17.1 Å². The number of nitriles is 1. The zero-order valence-corrected chi connectivity index (χ0v) is 15.5. The van der Waals surface area contributed by atoms with Crippen LogP contribution in [0.5, 0.6) is 0 Å². The van der Waals surface area contributed by atoms with Gasteiger partial charge in [0.2, 0.25) is 0 Å². The van der Waals surface area contributed by atoms with E-state index in [-0.39, 0.29) is 5.82 Å². The molecule has 0 amide bonds. The fraction of sp³-hybridized carbons (Fsp3) is 0.318. The van der Waals surface area contributed by atoms with Gasteiger partial charge in [0.15, 0.2) is 0 Å². The Labute approximate surface area is 158 Å². The normalized spacial score (nSPS) is 17.1. The Kier molecular flexibility index (Phi) is 4.93. The smallest absolute Gasteiger partial charge is 0.125 e. The fourth-order valence-corrected chi connectivity index (χ4v) is 3.87. The lowest BCUT2D eigenvalue weighted by atomic mass is 10.0. The van der Waals surface area contributed by atoms with Gasteiger partial charge in [0.05, 0.1) is 11.6 Å². The number of hydrogen-bond acceptors (Lipinski definition) is 3. The fourth-order valence-electron chi connectivity index (χ4n) is 3.87. The molecule has 5 heteroatoms. The molecule has 3 aromatic rings. The quantitative estimate of drug-likeness (QED) is 0.761. The predicted octanol–water partition coefficient (Wildman–Crippen LogP) is 4.06. The van der Waals surface area contributed by atoms with Gasteiger partial charge in [-0.15, -0.1) is 0 Å². The molecule has 0 aliphatic carbocycles. The molecule has 1 fully saturated rings. The Balaban J connectivity index is 1.37. The molecular weight excluding hydrogens is 339 g/mol. The Bertz CT molecular complexity index is 979. The van der Waals surface area contributed by atoms with Gasteiger partial charge in [-0.2, -0.15) is 5.26 Å². The maximum atomic E-state index is 13.4. The average molecular weight is 362 g/mol. The highest BCUT2D eigenvalue weighted by atomic mass is 19.1. The van der Waals surface area contributed by atoms with Gasteiger partial charge in [0, 0.05) is 50.0 Å². The number of aromatic amines is 1. The van der Waals surface area contributed by atoms with E-state index in [1.54, 1.807) is 6.07 Å². The number of aromatic nitrogens is 1. The van der Waals surface area contributed by atoms with Crippen molar-refractivity contribution in [3.63, 3.8) is 0 Å². The Hall–Kier alpha value is -2.68. The van der Waals surface area contributed by atoms with Crippen LogP contribution >= 0.6 is 0 Å². The van der Waals surface area contributed by atoms with Crippen molar-refractivity contribution in [2.45, 2.75) is 19.5 Å². The van der Waals surface area contributed by atoms with Crippen LogP contribution in [0.25, 0.3) is 10.9 Å². The monoisotopic (exact) mass is 362 g/mol. The maximum Gasteiger partial charge on any atom is 0.125 e. The lowest BCUT2D eigenvalue weighted by Gasteiger charge is -2.38. The second-order valence-corrected chi connectivity index (χ2v) is 7.25. The molecule has 138 valence electrons. The average Bonchev–Trinajstić information content (AvgIpc) is 3.09. The molecule has 2 aromatic carbocycles. The number of H-pyrrole nitrogens is 1. The standard InChI is InChI=1S/C22H23FN4/c1-16(18-4-2-3-17(11-18)14-24)27-9-7-26(8-10-27)15-21-12-19-5-6-20(23)13-22(19)25-21/h2-6,11-13,16,25H,7-10,15H2,1H3. The summed E-state index contributed by atoms with van der Waals surface area (Å²) in [5, 5.41) is 10.2.